The zero-order valence-electron chi connectivity index (χ0n) is 3.14. The van der Waals surface area contributed by atoms with E-state index in [1.165, 1.54) is 27.0 Å². The van der Waals surface area contributed by atoms with Gasteiger partial charge in [-0.2, -0.15) is 0 Å². The molecule has 0 unspecified atom stereocenters. The van der Waals surface area contributed by atoms with Crippen molar-refractivity contribution in [3.8, 4) is 0 Å². The van der Waals surface area contributed by atoms with E-state index in [1.54, 1.807) is 0 Å². The summed E-state index contributed by atoms with van der Waals surface area (Å²) in [5.74, 6) is 0. The summed E-state index contributed by atoms with van der Waals surface area (Å²) in [6.45, 7) is 0. The Labute approximate surface area is 55.8 Å². The van der Waals surface area contributed by atoms with Crippen LogP contribution in [-0.2, 0) is 24.4 Å². The molecule has 1 aromatic heterocycles. The molecule has 0 nitrogen and oxygen atoms in total. The van der Waals surface area contributed by atoms with Crippen LogP contribution in [0.25, 0.3) is 0 Å². The standard InChI is InChI=1S/C4H3S.Hf/c1-2-4-5-3-1;/h1-3H;. The van der Waals surface area contributed by atoms with Gasteiger partial charge in [-0.25, -0.2) is 0 Å². The third-order valence-corrected chi connectivity index (χ3v) is 3.07. The molecule has 29 valence electrons. The summed E-state index contributed by atoms with van der Waals surface area (Å²) >= 11 is 3.05. The fourth-order valence-corrected chi connectivity index (χ4v) is 1.82. The Morgan fingerprint density at radius 3 is 2.67 bits per heavy atom. The van der Waals surface area contributed by atoms with Crippen LogP contribution in [-0.4, -0.2) is 0 Å². The van der Waals surface area contributed by atoms with Crippen LogP contribution in [0, 0.1) is 0 Å². The quantitative estimate of drug-likeness (QED) is 0.610. The average molecular weight is 262 g/mol. The summed E-state index contributed by atoms with van der Waals surface area (Å²) in [5, 5.41) is 2.11. The van der Waals surface area contributed by atoms with E-state index in [-0.39, 0.29) is 0 Å². The minimum atomic E-state index is 1.21. The van der Waals surface area contributed by atoms with Gasteiger partial charge in [-0.15, -0.1) is 0 Å². The van der Waals surface area contributed by atoms with Gasteiger partial charge in [0.2, 0.25) is 0 Å². The molecule has 0 aliphatic carbocycles. The maximum atomic E-state index is 2.16. The van der Waals surface area contributed by atoms with E-state index < -0.39 is 0 Å². The van der Waals surface area contributed by atoms with E-state index in [2.05, 4.69) is 17.5 Å². The van der Waals surface area contributed by atoms with Crippen molar-refractivity contribution in [2.24, 2.45) is 0 Å². The van der Waals surface area contributed by atoms with E-state index in [1.807, 2.05) is 11.3 Å². The maximum absolute atomic E-state index is 2.16. The molecule has 2 heteroatoms. The Kier molecular flexibility index (Phi) is 1.60. The van der Waals surface area contributed by atoms with Crippen LogP contribution >= 0.6 is 11.3 Å². The first-order valence-corrected chi connectivity index (χ1v) is 4.32. The topological polar surface area (TPSA) is 0 Å². The molecule has 0 N–H and O–H groups in total. The summed E-state index contributed by atoms with van der Waals surface area (Å²) in [7, 11) is 0. The van der Waals surface area contributed by atoms with E-state index >= 15 is 0 Å². The third kappa shape index (κ3) is 1.02. The van der Waals surface area contributed by atoms with Crippen molar-refractivity contribution in [2.45, 2.75) is 0 Å². The average Bonchev–Trinajstić information content (AvgIpc) is 1.86. The van der Waals surface area contributed by atoms with Crippen LogP contribution in [0.1, 0.15) is 0 Å². The monoisotopic (exact) mass is 263 g/mol. The van der Waals surface area contributed by atoms with Crippen LogP contribution in [0.3, 0.4) is 0 Å². The van der Waals surface area contributed by atoms with Gasteiger partial charge in [0, 0.05) is 0 Å². The van der Waals surface area contributed by atoms with Crippen LogP contribution < -0.4 is 2.63 Å². The van der Waals surface area contributed by atoms with Crippen LogP contribution in [0.5, 0.6) is 0 Å². The van der Waals surface area contributed by atoms with E-state index in [4.69, 9.17) is 0 Å². The number of hydrogen-bond donors (Lipinski definition) is 0. The summed E-state index contributed by atoms with van der Waals surface area (Å²) in [5.41, 5.74) is 0. The molecule has 0 aliphatic heterocycles. The minimum absolute atomic E-state index is 1.21. The summed E-state index contributed by atoms with van der Waals surface area (Å²) in [6.07, 6.45) is 0. The van der Waals surface area contributed by atoms with Crippen molar-refractivity contribution >= 4 is 14.0 Å². The molecule has 0 amide bonds. The van der Waals surface area contributed by atoms with E-state index in [0.29, 0.717) is 0 Å². The second kappa shape index (κ2) is 2.03. The van der Waals surface area contributed by atoms with Crippen molar-refractivity contribution in [1.82, 2.24) is 0 Å². The molecule has 1 aromatic rings. The van der Waals surface area contributed by atoms with Gasteiger partial charge >= 0.3 is 55.9 Å². The molecule has 0 radical (unpaired) electrons. The van der Waals surface area contributed by atoms with E-state index in [9.17, 15) is 0 Å². The second-order valence-corrected chi connectivity index (χ2v) is 5.16. The van der Waals surface area contributed by atoms with Crippen molar-refractivity contribution in [3.63, 3.8) is 0 Å². The first-order valence-electron chi connectivity index (χ1n) is 1.65. The molecular formula is C4H3HfS. The Morgan fingerprint density at radius 1 is 1.67 bits per heavy atom. The zero-order chi connectivity index (χ0) is 4.41. The first-order chi connectivity index (χ1) is 2.89. The van der Waals surface area contributed by atoms with Crippen LogP contribution in [0.15, 0.2) is 17.5 Å². The van der Waals surface area contributed by atoms with Crippen molar-refractivity contribution < 1.29 is 24.4 Å². The van der Waals surface area contributed by atoms with Gasteiger partial charge in [-0.05, 0) is 0 Å². The van der Waals surface area contributed by atoms with Crippen LogP contribution in [0.2, 0.25) is 0 Å². The molecule has 0 saturated heterocycles. The fourth-order valence-electron chi connectivity index (χ4n) is 0.279. The fraction of sp³-hybridized carbons (Fsp3) is 0. The van der Waals surface area contributed by atoms with Crippen LogP contribution in [0.4, 0.5) is 0 Å². The van der Waals surface area contributed by atoms with Gasteiger partial charge in [0.1, 0.15) is 0 Å². The molecule has 6 heavy (non-hydrogen) atoms. The Balaban J connectivity index is 3.05. The molecular weight excluding hydrogens is 259 g/mol. The number of hydrogen-bond acceptors (Lipinski definition) is 1. The Bertz CT molecular complexity index is 111. The molecule has 0 atom stereocenters. The SMILES string of the molecule is [Hf][c]1cccs1. The third-order valence-electron chi connectivity index (χ3n) is 0.521. The molecule has 0 spiro atoms. The van der Waals surface area contributed by atoms with Crippen molar-refractivity contribution in [2.75, 3.05) is 0 Å². The van der Waals surface area contributed by atoms with Gasteiger partial charge in [-0.3, -0.25) is 0 Å². The van der Waals surface area contributed by atoms with Gasteiger partial charge in [-0.1, -0.05) is 0 Å². The van der Waals surface area contributed by atoms with E-state index in [0.717, 1.165) is 0 Å². The second-order valence-electron chi connectivity index (χ2n) is 0.977. The predicted octanol–water partition coefficient (Wildman–Crippen LogP) is 0.920. The first kappa shape index (κ1) is 4.72. The van der Waals surface area contributed by atoms with Gasteiger partial charge in [0.25, 0.3) is 0 Å². The molecule has 1 heterocycles. The van der Waals surface area contributed by atoms with Crippen molar-refractivity contribution in [3.05, 3.63) is 17.5 Å². The summed E-state index contributed by atoms with van der Waals surface area (Å²) in [6, 6.07) is 4.25. The molecule has 0 aromatic carbocycles. The van der Waals surface area contributed by atoms with Gasteiger partial charge in [0.15, 0.2) is 0 Å². The molecule has 0 bridgehead atoms. The molecule has 1 rings (SSSR count). The number of rotatable bonds is 0. The van der Waals surface area contributed by atoms with Gasteiger partial charge in [0.05, 0.1) is 0 Å². The normalized spacial score (nSPS) is 8.50. The predicted molar refractivity (Wildman–Crippen MR) is 24.0 cm³/mol. The number of thiophene rings is 1. The molecule has 0 saturated carbocycles. The zero-order valence-corrected chi connectivity index (χ0v) is 7.55. The summed E-state index contributed by atoms with van der Waals surface area (Å²) < 4.78 is 1.52. The van der Waals surface area contributed by atoms with Gasteiger partial charge < -0.3 is 0 Å². The van der Waals surface area contributed by atoms with Crippen molar-refractivity contribution in [1.29, 1.82) is 0 Å². The summed E-state index contributed by atoms with van der Waals surface area (Å²) in [4.78, 5) is 0. The molecule has 0 fully saturated rings. The Hall–Kier alpha value is 0.570. The molecule has 0 aliphatic rings. The Morgan fingerprint density at radius 2 is 2.50 bits per heavy atom.